The highest BCUT2D eigenvalue weighted by atomic mass is 79.9. The van der Waals surface area contributed by atoms with Gasteiger partial charge in [-0.2, -0.15) is 0 Å². The summed E-state index contributed by atoms with van der Waals surface area (Å²) in [4.78, 5) is 2.58. The first kappa shape index (κ1) is 11.5. The van der Waals surface area contributed by atoms with E-state index in [1.807, 2.05) is 6.92 Å². The summed E-state index contributed by atoms with van der Waals surface area (Å²) < 4.78 is 0. The Balaban J connectivity index is 0. The van der Waals surface area contributed by atoms with Gasteiger partial charge in [0.1, 0.15) is 0 Å². The Morgan fingerprint density at radius 3 is 2.33 bits per heavy atom. The average Bonchev–Trinajstić information content (AvgIpc) is 1.67. The molecule has 0 aromatic heterocycles. The van der Waals surface area contributed by atoms with E-state index >= 15 is 0 Å². The van der Waals surface area contributed by atoms with E-state index in [0.29, 0.717) is 6.42 Å². The molecule has 0 rings (SSSR count). The van der Waals surface area contributed by atoms with Crippen LogP contribution < -0.4 is 5.73 Å². The van der Waals surface area contributed by atoms with E-state index in [4.69, 9.17) is 11.3 Å². The zero-order chi connectivity index (χ0) is 6.62. The van der Waals surface area contributed by atoms with E-state index < -0.39 is 5.66 Å². The number of hydrogen-bond acceptors (Lipinski definition) is 2. The lowest BCUT2D eigenvalue weighted by Crippen LogP contribution is -2.31. The fraction of sp³-hybridized carbons (Fsp3) is 1.00. The maximum atomic E-state index is 7.91. The van der Waals surface area contributed by atoms with Crippen molar-refractivity contribution in [2.45, 2.75) is 25.9 Å². The molecule has 0 heterocycles. The fourth-order valence-electron chi connectivity index (χ4n) is 0.173. The monoisotopic (exact) mass is 194 g/mol. The van der Waals surface area contributed by atoms with Crippen molar-refractivity contribution in [2.24, 2.45) is 10.8 Å². The molecule has 9 heavy (non-hydrogen) atoms. The van der Waals surface area contributed by atoms with Crippen LogP contribution in [-0.2, 0) is 0 Å². The molecule has 4 nitrogen and oxygen atoms in total. The molecule has 0 aliphatic rings. The molecule has 0 amide bonds. The van der Waals surface area contributed by atoms with Gasteiger partial charge in [0, 0.05) is 4.91 Å². The van der Waals surface area contributed by atoms with Gasteiger partial charge in [-0.1, -0.05) is 12.0 Å². The highest BCUT2D eigenvalue weighted by molar-refractivity contribution is 8.93. The third-order valence-electron chi connectivity index (χ3n) is 0.989. The van der Waals surface area contributed by atoms with Crippen molar-refractivity contribution < 1.29 is 0 Å². The summed E-state index contributed by atoms with van der Waals surface area (Å²) in [6.07, 6.45) is 0.664. The van der Waals surface area contributed by atoms with Crippen LogP contribution in [0.1, 0.15) is 20.3 Å². The topological polar surface area (TPSA) is 74.8 Å². The van der Waals surface area contributed by atoms with Gasteiger partial charge in [0.25, 0.3) is 0 Å². The molecule has 1 atom stereocenters. The van der Waals surface area contributed by atoms with Crippen LogP contribution >= 0.6 is 17.0 Å². The summed E-state index contributed by atoms with van der Waals surface area (Å²) >= 11 is 0. The molecule has 0 spiro atoms. The molecular weight excluding hydrogens is 184 g/mol. The Hall–Kier alpha value is -0.250. The van der Waals surface area contributed by atoms with Crippen molar-refractivity contribution in [3.8, 4) is 0 Å². The number of nitrogens with zero attached hydrogens (tertiary/aromatic N) is 3. The largest absolute Gasteiger partial charge is 0.321 e. The lowest BCUT2D eigenvalue weighted by Gasteiger charge is -2.12. The van der Waals surface area contributed by atoms with Crippen LogP contribution in [0, 0.1) is 0 Å². The van der Waals surface area contributed by atoms with Crippen LogP contribution in [0.5, 0.6) is 0 Å². The molecule has 0 fully saturated rings. The molecule has 0 bridgehead atoms. The number of nitrogens with two attached hydrogens (primary N) is 1. The van der Waals surface area contributed by atoms with E-state index in [1.165, 1.54) is 0 Å². The maximum Gasteiger partial charge on any atom is 0.0918 e. The second-order valence-electron chi connectivity index (χ2n) is 1.90. The minimum Gasteiger partial charge on any atom is -0.321 e. The number of hydrogen-bond donors (Lipinski definition) is 1. The van der Waals surface area contributed by atoms with Crippen LogP contribution in [-0.4, -0.2) is 5.66 Å². The summed E-state index contributed by atoms with van der Waals surface area (Å²) in [5.41, 5.74) is 12.6. The smallest absolute Gasteiger partial charge is 0.0918 e. The summed E-state index contributed by atoms with van der Waals surface area (Å²) in [7, 11) is 0. The minimum atomic E-state index is -0.700. The Bertz CT molecular complexity index is 116. The highest BCUT2D eigenvalue weighted by Crippen LogP contribution is 2.04. The Kier molecular flexibility index (Phi) is 5.91. The molecule has 2 N–H and O–H groups in total. The van der Waals surface area contributed by atoms with Gasteiger partial charge in [-0.25, -0.2) is 0 Å². The summed E-state index contributed by atoms with van der Waals surface area (Å²) in [6, 6.07) is 0. The van der Waals surface area contributed by atoms with Gasteiger partial charge in [0.15, 0.2) is 0 Å². The Morgan fingerprint density at radius 1 is 1.78 bits per heavy atom. The van der Waals surface area contributed by atoms with Gasteiger partial charge in [-0.15, -0.1) is 17.0 Å². The minimum absolute atomic E-state index is 0. The molecule has 0 aromatic carbocycles. The number of halogens is 1. The van der Waals surface area contributed by atoms with Gasteiger partial charge in [0.05, 0.1) is 5.66 Å². The second kappa shape index (κ2) is 4.61. The molecule has 0 aliphatic heterocycles. The standard InChI is InChI=1S/C4H10N4.BrH/c1-3-4(2,5)7-8-6;/h3,5H2,1-2H3;1H. The lowest BCUT2D eigenvalue weighted by molar-refractivity contribution is 0.471. The number of azide groups is 1. The average molecular weight is 195 g/mol. The first-order valence-electron chi connectivity index (χ1n) is 2.47. The van der Waals surface area contributed by atoms with Crippen molar-refractivity contribution in [1.29, 1.82) is 0 Å². The van der Waals surface area contributed by atoms with Gasteiger partial charge in [0.2, 0.25) is 0 Å². The van der Waals surface area contributed by atoms with E-state index in [9.17, 15) is 0 Å². The molecule has 54 valence electrons. The molecule has 0 saturated heterocycles. The quantitative estimate of drug-likeness (QED) is 0.408. The first-order chi connectivity index (χ1) is 3.62. The zero-order valence-corrected chi connectivity index (χ0v) is 7.25. The molecule has 0 saturated carbocycles. The van der Waals surface area contributed by atoms with Crippen molar-refractivity contribution in [1.82, 2.24) is 0 Å². The van der Waals surface area contributed by atoms with Gasteiger partial charge >= 0.3 is 0 Å². The molecule has 0 radical (unpaired) electrons. The number of rotatable bonds is 2. The second-order valence-corrected chi connectivity index (χ2v) is 1.90. The lowest BCUT2D eigenvalue weighted by atomic mass is 10.2. The van der Waals surface area contributed by atoms with Crippen LogP contribution in [0.3, 0.4) is 0 Å². The predicted molar refractivity (Wildman–Crippen MR) is 42.4 cm³/mol. The van der Waals surface area contributed by atoms with E-state index in [-0.39, 0.29) is 17.0 Å². The Morgan fingerprint density at radius 2 is 2.22 bits per heavy atom. The fourth-order valence-corrected chi connectivity index (χ4v) is 0.173. The zero-order valence-electron chi connectivity index (χ0n) is 5.53. The van der Waals surface area contributed by atoms with Crippen LogP contribution in [0.15, 0.2) is 5.11 Å². The van der Waals surface area contributed by atoms with Crippen molar-refractivity contribution >= 4 is 17.0 Å². The predicted octanol–water partition coefficient (Wildman–Crippen LogP) is 1.96. The summed E-state index contributed by atoms with van der Waals surface area (Å²) in [6.45, 7) is 3.56. The Labute approximate surface area is 64.8 Å². The van der Waals surface area contributed by atoms with E-state index in [1.54, 1.807) is 6.92 Å². The van der Waals surface area contributed by atoms with Crippen LogP contribution in [0.4, 0.5) is 0 Å². The van der Waals surface area contributed by atoms with Gasteiger partial charge < -0.3 is 5.73 Å². The van der Waals surface area contributed by atoms with Crippen molar-refractivity contribution in [2.75, 3.05) is 0 Å². The highest BCUT2D eigenvalue weighted by Gasteiger charge is 2.10. The molecule has 5 heteroatoms. The third kappa shape index (κ3) is 5.62. The van der Waals surface area contributed by atoms with Gasteiger partial charge in [-0.3, -0.25) is 0 Å². The first-order valence-corrected chi connectivity index (χ1v) is 2.47. The van der Waals surface area contributed by atoms with Crippen LogP contribution in [0.2, 0.25) is 0 Å². The maximum absolute atomic E-state index is 7.91. The third-order valence-corrected chi connectivity index (χ3v) is 0.989. The summed E-state index contributed by atoms with van der Waals surface area (Å²) in [5, 5.41) is 3.33. The summed E-state index contributed by atoms with van der Waals surface area (Å²) in [5.74, 6) is 0. The van der Waals surface area contributed by atoms with Crippen molar-refractivity contribution in [3.05, 3.63) is 10.4 Å². The SMILES string of the molecule is Br.CCC(C)(N)N=[N+]=[N-]. The van der Waals surface area contributed by atoms with Gasteiger partial charge in [-0.05, 0) is 18.9 Å². The molecule has 1 unspecified atom stereocenters. The van der Waals surface area contributed by atoms with E-state index in [0.717, 1.165) is 0 Å². The molecule has 0 aliphatic carbocycles. The normalized spacial score (nSPS) is 14.6. The van der Waals surface area contributed by atoms with Crippen molar-refractivity contribution in [3.63, 3.8) is 0 Å². The molecule has 0 aromatic rings. The van der Waals surface area contributed by atoms with E-state index in [2.05, 4.69) is 10.0 Å². The molecular formula is C4H11BrN4. The van der Waals surface area contributed by atoms with Crippen LogP contribution in [0.25, 0.3) is 10.4 Å².